The molecular formula is C29H36N2O4S. The second-order valence-electron chi connectivity index (χ2n) is 9.24. The fourth-order valence-corrected chi connectivity index (χ4v) is 5.68. The number of anilines is 1. The minimum absolute atomic E-state index is 0.137. The second kappa shape index (κ2) is 11.6. The Kier molecular flexibility index (Phi) is 8.79. The second-order valence-corrected chi connectivity index (χ2v) is 11.1. The summed E-state index contributed by atoms with van der Waals surface area (Å²) in [6, 6.07) is 19.2. The monoisotopic (exact) mass is 508 g/mol. The van der Waals surface area contributed by atoms with Crippen molar-refractivity contribution < 1.29 is 17.9 Å². The molecule has 0 saturated carbocycles. The zero-order valence-electron chi connectivity index (χ0n) is 21.9. The molecule has 0 fully saturated rings. The highest BCUT2D eigenvalue weighted by Crippen LogP contribution is 2.32. The molecule has 36 heavy (non-hydrogen) atoms. The summed E-state index contributed by atoms with van der Waals surface area (Å²) >= 11 is 0. The largest absolute Gasteiger partial charge is 0.496 e. The highest BCUT2D eigenvalue weighted by atomic mass is 32.2. The molecule has 0 radical (unpaired) electrons. The number of hydrogen-bond acceptors (Lipinski definition) is 4. The van der Waals surface area contributed by atoms with Crippen molar-refractivity contribution in [3.05, 3.63) is 89.0 Å². The van der Waals surface area contributed by atoms with Gasteiger partial charge in [0.2, 0.25) is 5.91 Å². The highest BCUT2D eigenvalue weighted by Gasteiger charge is 2.28. The van der Waals surface area contributed by atoms with Crippen LogP contribution in [0.1, 0.15) is 61.9 Å². The number of nitrogens with zero attached hydrogens (tertiary/aromatic N) is 1. The van der Waals surface area contributed by atoms with Gasteiger partial charge in [-0.2, -0.15) is 0 Å². The van der Waals surface area contributed by atoms with Crippen molar-refractivity contribution >= 4 is 21.6 Å². The molecule has 0 aliphatic rings. The molecule has 7 heteroatoms. The minimum Gasteiger partial charge on any atom is -0.496 e. The average molecular weight is 509 g/mol. The first-order valence-corrected chi connectivity index (χ1v) is 13.7. The van der Waals surface area contributed by atoms with Crippen molar-refractivity contribution in [2.45, 2.75) is 57.9 Å². The molecule has 1 amide bonds. The van der Waals surface area contributed by atoms with Crippen LogP contribution in [0.25, 0.3) is 0 Å². The molecule has 1 unspecified atom stereocenters. The molecular weight excluding hydrogens is 472 g/mol. The summed E-state index contributed by atoms with van der Waals surface area (Å²) in [5.41, 5.74) is 4.56. The van der Waals surface area contributed by atoms with Crippen LogP contribution in [-0.2, 0) is 21.2 Å². The lowest BCUT2D eigenvalue weighted by molar-refractivity contribution is -0.120. The quantitative estimate of drug-likeness (QED) is 0.378. The predicted molar refractivity (Wildman–Crippen MR) is 145 cm³/mol. The molecule has 1 atom stereocenters. The van der Waals surface area contributed by atoms with Gasteiger partial charge in [0.05, 0.1) is 23.7 Å². The number of carbonyl (C=O) groups excluding carboxylic acids is 1. The third-order valence-electron chi connectivity index (χ3n) is 6.34. The molecule has 192 valence electrons. The Hall–Kier alpha value is -3.32. The smallest absolute Gasteiger partial charge is 0.264 e. The lowest BCUT2D eigenvalue weighted by atomic mass is 9.93. The van der Waals surface area contributed by atoms with E-state index in [1.807, 2.05) is 39.0 Å². The maximum absolute atomic E-state index is 13.6. The Morgan fingerprint density at radius 2 is 1.61 bits per heavy atom. The van der Waals surface area contributed by atoms with Crippen LogP contribution in [0.3, 0.4) is 0 Å². The van der Waals surface area contributed by atoms with Gasteiger partial charge in [-0.3, -0.25) is 9.10 Å². The van der Waals surface area contributed by atoms with Crippen molar-refractivity contribution in [3.8, 4) is 5.75 Å². The molecule has 6 nitrogen and oxygen atoms in total. The van der Waals surface area contributed by atoms with E-state index >= 15 is 0 Å². The van der Waals surface area contributed by atoms with Gasteiger partial charge >= 0.3 is 0 Å². The number of nitrogens with one attached hydrogen (secondary N) is 1. The molecule has 3 aromatic rings. The zero-order valence-corrected chi connectivity index (χ0v) is 22.7. The topological polar surface area (TPSA) is 75.7 Å². The van der Waals surface area contributed by atoms with E-state index in [0.29, 0.717) is 5.69 Å². The van der Waals surface area contributed by atoms with Crippen molar-refractivity contribution in [3.63, 3.8) is 0 Å². The van der Waals surface area contributed by atoms with E-state index in [9.17, 15) is 13.2 Å². The maximum atomic E-state index is 13.6. The average Bonchev–Trinajstić information content (AvgIpc) is 2.87. The number of carbonyl (C=O) groups is 1. The molecule has 3 aromatic carbocycles. The number of amides is 1. The Labute approximate surface area is 215 Å². The van der Waals surface area contributed by atoms with E-state index in [1.54, 1.807) is 37.4 Å². The molecule has 3 rings (SSSR count). The lowest BCUT2D eigenvalue weighted by Gasteiger charge is -2.26. The van der Waals surface area contributed by atoms with E-state index in [2.05, 4.69) is 25.2 Å². The first-order valence-electron chi connectivity index (χ1n) is 12.2. The van der Waals surface area contributed by atoms with Crippen LogP contribution < -0.4 is 14.4 Å². The van der Waals surface area contributed by atoms with Crippen LogP contribution in [0.5, 0.6) is 5.75 Å². The first kappa shape index (κ1) is 27.3. The van der Waals surface area contributed by atoms with E-state index in [1.165, 1.54) is 16.4 Å². The summed E-state index contributed by atoms with van der Waals surface area (Å²) in [7, 11) is -2.30. The third-order valence-corrected chi connectivity index (χ3v) is 8.12. The number of sulfonamides is 1. The number of methoxy groups -OCH3 is 1. The molecule has 0 bridgehead atoms. The van der Waals surface area contributed by atoms with E-state index in [4.69, 9.17) is 4.74 Å². The van der Waals surface area contributed by atoms with E-state index in [-0.39, 0.29) is 29.3 Å². The molecule has 0 aliphatic carbocycles. The van der Waals surface area contributed by atoms with Gasteiger partial charge in [-0.05, 0) is 84.8 Å². The summed E-state index contributed by atoms with van der Waals surface area (Å²) in [5, 5.41) is 3.00. The molecule has 0 aliphatic heterocycles. The molecule has 0 spiro atoms. The fraction of sp³-hybridized carbons (Fsp3) is 0.345. The minimum atomic E-state index is -3.95. The van der Waals surface area contributed by atoms with Crippen LogP contribution in [0, 0.1) is 6.92 Å². The van der Waals surface area contributed by atoms with Crippen LogP contribution >= 0.6 is 0 Å². The van der Waals surface area contributed by atoms with Gasteiger partial charge in [-0.1, -0.05) is 51.1 Å². The van der Waals surface area contributed by atoms with Gasteiger partial charge in [0, 0.05) is 0 Å². The summed E-state index contributed by atoms with van der Waals surface area (Å²) < 4.78 is 33.8. The third kappa shape index (κ3) is 6.08. The van der Waals surface area contributed by atoms with Gasteiger partial charge in [0.15, 0.2) is 0 Å². The first-order chi connectivity index (χ1) is 17.1. The Bertz CT molecular complexity index is 1290. The number of rotatable bonds is 10. The van der Waals surface area contributed by atoms with Gasteiger partial charge in [0.25, 0.3) is 10.0 Å². The van der Waals surface area contributed by atoms with Crippen LogP contribution in [0.15, 0.2) is 71.6 Å². The zero-order chi connectivity index (χ0) is 26.5. The van der Waals surface area contributed by atoms with Crippen LogP contribution in [0.2, 0.25) is 0 Å². The SMILES string of the molecule is CCc1ccc(N(CC(=O)NC(C)c2cc(C(C)C)c(OC)cc2C)S(=O)(=O)c2ccccc2)cc1. The van der Waals surface area contributed by atoms with Gasteiger partial charge in [0.1, 0.15) is 12.3 Å². The van der Waals surface area contributed by atoms with Crippen molar-refractivity contribution in [1.82, 2.24) is 5.32 Å². The standard InChI is InChI=1S/C29H36N2O4S/c1-7-23-13-15-24(16-14-23)31(36(33,34)25-11-9-8-10-12-25)19-29(32)30-22(5)27-18-26(20(2)3)28(35-6)17-21(27)4/h8-18,20,22H,7,19H2,1-6H3,(H,30,32). The normalized spacial score (nSPS) is 12.3. The number of benzene rings is 3. The van der Waals surface area contributed by atoms with Crippen molar-refractivity contribution in [2.24, 2.45) is 0 Å². The number of ether oxygens (including phenoxy) is 1. The van der Waals surface area contributed by atoms with Crippen molar-refractivity contribution in [2.75, 3.05) is 18.0 Å². The molecule has 1 N–H and O–H groups in total. The number of hydrogen-bond donors (Lipinski definition) is 1. The van der Waals surface area contributed by atoms with E-state index in [0.717, 1.165) is 34.4 Å². The summed E-state index contributed by atoms with van der Waals surface area (Å²) in [6.07, 6.45) is 0.837. The highest BCUT2D eigenvalue weighted by molar-refractivity contribution is 7.92. The summed E-state index contributed by atoms with van der Waals surface area (Å²) in [6.45, 7) is 9.77. The summed E-state index contributed by atoms with van der Waals surface area (Å²) in [5.74, 6) is 0.683. The van der Waals surface area contributed by atoms with Gasteiger partial charge in [-0.15, -0.1) is 0 Å². The van der Waals surface area contributed by atoms with Gasteiger partial charge in [-0.25, -0.2) is 8.42 Å². The Balaban J connectivity index is 1.90. The van der Waals surface area contributed by atoms with E-state index < -0.39 is 10.0 Å². The van der Waals surface area contributed by atoms with Gasteiger partial charge < -0.3 is 10.1 Å². The lowest BCUT2D eigenvalue weighted by Crippen LogP contribution is -2.41. The van der Waals surface area contributed by atoms with Crippen LogP contribution in [0.4, 0.5) is 5.69 Å². The molecule has 0 saturated heterocycles. The Morgan fingerprint density at radius 3 is 2.17 bits per heavy atom. The predicted octanol–water partition coefficient (Wildman–Crippen LogP) is 5.76. The maximum Gasteiger partial charge on any atom is 0.264 e. The van der Waals surface area contributed by atoms with Crippen molar-refractivity contribution in [1.29, 1.82) is 0 Å². The van der Waals surface area contributed by atoms with Crippen LogP contribution in [-0.4, -0.2) is 28.0 Å². The molecule has 0 heterocycles. The fourth-order valence-electron chi connectivity index (χ4n) is 4.24. The molecule has 0 aromatic heterocycles. The summed E-state index contributed by atoms with van der Waals surface area (Å²) in [4.78, 5) is 13.4. The number of aryl methyl sites for hydroxylation is 2. The Morgan fingerprint density at radius 1 is 0.972 bits per heavy atom.